The van der Waals surface area contributed by atoms with Crippen molar-refractivity contribution < 1.29 is 37.7 Å². The third-order valence-electron chi connectivity index (χ3n) is 10.0. The first-order valence-corrected chi connectivity index (χ1v) is 13.3. The molecule has 3 unspecified atom stereocenters. The van der Waals surface area contributed by atoms with Crippen molar-refractivity contribution in [1.29, 1.82) is 0 Å². The van der Waals surface area contributed by atoms with E-state index in [0.29, 0.717) is 23.1 Å². The van der Waals surface area contributed by atoms with Crippen LogP contribution in [0.2, 0.25) is 0 Å². The summed E-state index contributed by atoms with van der Waals surface area (Å²) in [5.74, 6) is -4.45. The molecule has 2 bridgehead atoms. The zero-order valence-electron chi connectivity index (χ0n) is 22.5. The van der Waals surface area contributed by atoms with Crippen molar-refractivity contribution in [2.24, 2.45) is 34.5 Å². The Bertz CT molecular complexity index is 1310. The van der Waals surface area contributed by atoms with Gasteiger partial charge in [0.1, 0.15) is 17.7 Å². The van der Waals surface area contributed by atoms with Gasteiger partial charge >= 0.3 is 5.97 Å². The fraction of sp³-hybridized carbons (Fsp3) is 0.600. The van der Waals surface area contributed by atoms with Crippen LogP contribution in [0.5, 0.6) is 0 Å². The van der Waals surface area contributed by atoms with E-state index in [1.807, 2.05) is 13.0 Å². The molecule has 6 nitrogen and oxygen atoms in total. The number of rotatable bonds is 2. The van der Waals surface area contributed by atoms with Gasteiger partial charge in [-0.2, -0.15) is 0 Å². The van der Waals surface area contributed by atoms with E-state index in [1.165, 1.54) is 0 Å². The first-order chi connectivity index (χ1) is 17.6. The number of Topliss-reactive ketones (excluding diaryl/α,β-unsaturated/α-hetero) is 1. The maximum absolute atomic E-state index is 14.6. The first-order valence-electron chi connectivity index (χ1n) is 13.3. The van der Waals surface area contributed by atoms with Crippen molar-refractivity contribution in [1.82, 2.24) is 0 Å². The average molecular weight is 529 g/mol. The minimum absolute atomic E-state index is 0.0236. The summed E-state index contributed by atoms with van der Waals surface area (Å²) in [5, 5.41) is 12.9. The molecule has 38 heavy (non-hydrogen) atoms. The fourth-order valence-electron chi connectivity index (χ4n) is 8.13. The van der Waals surface area contributed by atoms with Crippen molar-refractivity contribution in [3.8, 4) is 0 Å². The summed E-state index contributed by atoms with van der Waals surface area (Å²) in [7, 11) is 0. The van der Waals surface area contributed by atoms with E-state index in [4.69, 9.17) is 14.2 Å². The van der Waals surface area contributed by atoms with Gasteiger partial charge in [0.2, 0.25) is 0 Å². The standard InChI is InChI=1S/C30H34F2O6/c1-14-12-29-15(2)9-20-22(27(20,3)4)19(23(29)33)10-16-13-36-28(5,6)38-25(16)30(29,35)24(14)37-26(34)18-8-7-17(31)11-21(18)32/h7-8,10-12,15,19-20,22,24-25,35H,9,13H2,1-6H3/t15-,19+,20?,22?,24+,25?,29+,30-/m1/s1. The van der Waals surface area contributed by atoms with Crippen LogP contribution in [0.15, 0.2) is 41.5 Å². The fourth-order valence-corrected chi connectivity index (χ4v) is 8.13. The lowest BCUT2D eigenvalue weighted by atomic mass is 9.59. The van der Waals surface area contributed by atoms with Gasteiger partial charge in [0.15, 0.2) is 23.3 Å². The summed E-state index contributed by atoms with van der Waals surface area (Å²) in [6.07, 6.45) is 2.10. The predicted molar refractivity (Wildman–Crippen MR) is 133 cm³/mol. The maximum atomic E-state index is 14.6. The van der Waals surface area contributed by atoms with Crippen LogP contribution in [0.1, 0.15) is 58.3 Å². The zero-order valence-corrected chi connectivity index (χ0v) is 22.5. The summed E-state index contributed by atoms with van der Waals surface area (Å²) < 4.78 is 46.2. The number of aliphatic hydroxyl groups is 1. The smallest absolute Gasteiger partial charge is 0.341 e. The molecule has 1 spiro atoms. The van der Waals surface area contributed by atoms with Crippen LogP contribution in [0.3, 0.4) is 0 Å². The summed E-state index contributed by atoms with van der Waals surface area (Å²) >= 11 is 0. The van der Waals surface area contributed by atoms with Crippen LogP contribution in [-0.2, 0) is 19.0 Å². The van der Waals surface area contributed by atoms with Crippen LogP contribution in [0.25, 0.3) is 0 Å². The molecule has 0 amide bonds. The first kappa shape index (κ1) is 25.8. The molecule has 1 N–H and O–H groups in total. The lowest BCUT2D eigenvalue weighted by Gasteiger charge is -2.52. The Morgan fingerprint density at radius 2 is 1.89 bits per heavy atom. The second-order valence-corrected chi connectivity index (χ2v) is 12.9. The molecule has 1 saturated heterocycles. The highest BCUT2D eigenvalue weighted by molar-refractivity contribution is 5.96. The molecule has 0 aromatic heterocycles. The molecule has 2 saturated carbocycles. The highest BCUT2D eigenvalue weighted by atomic mass is 19.1. The van der Waals surface area contributed by atoms with Gasteiger partial charge < -0.3 is 19.3 Å². The van der Waals surface area contributed by atoms with Crippen molar-refractivity contribution in [3.63, 3.8) is 0 Å². The molecule has 4 aliphatic carbocycles. The third-order valence-corrected chi connectivity index (χ3v) is 10.0. The van der Waals surface area contributed by atoms with Gasteiger partial charge in [-0.3, -0.25) is 4.79 Å². The predicted octanol–water partition coefficient (Wildman–Crippen LogP) is 4.76. The molecule has 1 aromatic rings. The lowest BCUT2D eigenvalue weighted by molar-refractivity contribution is -0.302. The number of ether oxygens (including phenoxy) is 3. The normalized spacial score (nSPS) is 42.0. The molecule has 204 valence electrons. The lowest BCUT2D eigenvalue weighted by Crippen LogP contribution is -2.68. The van der Waals surface area contributed by atoms with E-state index >= 15 is 0 Å². The molecule has 5 aliphatic rings. The Kier molecular flexibility index (Phi) is 5.32. The summed E-state index contributed by atoms with van der Waals surface area (Å²) in [5.41, 5.74) is -2.74. The van der Waals surface area contributed by atoms with Gasteiger partial charge in [0, 0.05) is 12.0 Å². The number of hydrogen-bond acceptors (Lipinski definition) is 6. The molecule has 1 aliphatic heterocycles. The summed E-state index contributed by atoms with van der Waals surface area (Å²) in [6.45, 7) is 11.7. The number of carbonyl (C=O) groups is 2. The van der Waals surface area contributed by atoms with Crippen LogP contribution >= 0.6 is 0 Å². The Morgan fingerprint density at radius 1 is 1.18 bits per heavy atom. The number of hydrogen-bond donors (Lipinski definition) is 1. The number of allylic oxidation sites excluding steroid dienone is 1. The number of fused-ring (bicyclic) bond motifs is 5. The average Bonchev–Trinajstić information content (AvgIpc) is 3.31. The van der Waals surface area contributed by atoms with Gasteiger partial charge in [0.05, 0.1) is 17.6 Å². The second-order valence-electron chi connectivity index (χ2n) is 12.9. The van der Waals surface area contributed by atoms with Crippen molar-refractivity contribution >= 4 is 11.8 Å². The Balaban J connectivity index is 1.51. The van der Waals surface area contributed by atoms with Crippen molar-refractivity contribution in [2.45, 2.75) is 71.6 Å². The van der Waals surface area contributed by atoms with E-state index in [9.17, 15) is 23.5 Å². The Morgan fingerprint density at radius 3 is 2.58 bits per heavy atom. The minimum atomic E-state index is -2.00. The third kappa shape index (κ3) is 3.20. The van der Waals surface area contributed by atoms with Crippen molar-refractivity contribution in [2.75, 3.05) is 6.61 Å². The van der Waals surface area contributed by atoms with Crippen LogP contribution in [0.4, 0.5) is 8.78 Å². The molecular weight excluding hydrogens is 494 g/mol. The van der Waals surface area contributed by atoms with Gasteiger partial charge in [0.25, 0.3) is 0 Å². The van der Waals surface area contributed by atoms with Gasteiger partial charge in [-0.05, 0) is 73.6 Å². The maximum Gasteiger partial charge on any atom is 0.341 e. The quantitative estimate of drug-likeness (QED) is 0.441. The van der Waals surface area contributed by atoms with Gasteiger partial charge in [-0.1, -0.05) is 32.9 Å². The van der Waals surface area contributed by atoms with E-state index in [0.717, 1.165) is 18.6 Å². The monoisotopic (exact) mass is 528 g/mol. The summed E-state index contributed by atoms with van der Waals surface area (Å²) in [6, 6.07) is 2.59. The molecule has 6 rings (SSSR count). The highest BCUT2D eigenvalue weighted by Gasteiger charge is 2.77. The number of benzene rings is 1. The van der Waals surface area contributed by atoms with E-state index in [-0.39, 0.29) is 29.6 Å². The minimum Gasteiger partial charge on any atom is -0.451 e. The van der Waals surface area contributed by atoms with Crippen LogP contribution < -0.4 is 0 Å². The molecule has 3 fully saturated rings. The Hall–Kier alpha value is -2.42. The van der Waals surface area contributed by atoms with E-state index < -0.39 is 58.1 Å². The molecule has 1 aromatic carbocycles. The number of halogens is 2. The molecule has 0 radical (unpaired) electrons. The number of esters is 1. The van der Waals surface area contributed by atoms with Gasteiger partial charge in [-0.25, -0.2) is 13.6 Å². The molecule has 8 heteroatoms. The van der Waals surface area contributed by atoms with Gasteiger partial charge in [-0.15, -0.1) is 0 Å². The van der Waals surface area contributed by atoms with Crippen LogP contribution in [-0.4, -0.2) is 47.1 Å². The molecular formula is C30H34F2O6. The second kappa shape index (κ2) is 7.83. The molecule has 1 heterocycles. The summed E-state index contributed by atoms with van der Waals surface area (Å²) in [4.78, 5) is 27.9. The largest absolute Gasteiger partial charge is 0.451 e. The zero-order chi connectivity index (χ0) is 27.6. The van der Waals surface area contributed by atoms with Crippen LogP contribution in [0, 0.1) is 46.1 Å². The Labute approximate surface area is 221 Å². The number of ketones is 1. The number of carbonyl (C=O) groups excluding carboxylic acids is 2. The SMILES string of the molecule is CC1=C[C@]23C(=O)[C@@H](C=C4COC(C)(C)OC4[C@]2(O)[C@H]1OC(=O)c1ccc(F)cc1F)C1C(C[C@H]3C)C1(C)C. The van der Waals surface area contributed by atoms with E-state index in [2.05, 4.69) is 13.8 Å². The van der Waals surface area contributed by atoms with E-state index in [1.54, 1.807) is 26.8 Å². The molecule has 8 atom stereocenters. The highest BCUT2D eigenvalue weighted by Crippen LogP contribution is 2.72. The van der Waals surface area contributed by atoms with Crippen molar-refractivity contribution in [3.05, 3.63) is 58.7 Å². The topological polar surface area (TPSA) is 82.1 Å².